The van der Waals surface area contributed by atoms with Gasteiger partial charge in [-0.1, -0.05) is 16.8 Å². The first-order valence-electron chi connectivity index (χ1n) is 5.66. The normalized spacial score (nSPS) is 11.1. The third kappa shape index (κ3) is 1.74. The number of hydrogen-bond donors (Lipinski definition) is 1. The van der Waals surface area contributed by atoms with Crippen LogP contribution in [0.3, 0.4) is 0 Å². The third-order valence-corrected chi connectivity index (χ3v) is 3.36. The maximum atomic E-state index is 6.30. The van der Waals surface area contributed by atoms with E-state index in [1.54, 1.807) is 19.2 Å². The number of fused-ring (bicyclic) bond motifs is 1. The molecule has 0 radical (unpaired) electrons. The molecule has 2 heterocycles. The van der Waals surface area contributed by atoms with E-state index in [1.165, 1.54) is 0 Å². The maximum absolute atomic E-state index is 6.30. The number of hydrogen-bond acceptors (Lipinski definition) is 4. The minimum atomic E-state index is 0.339. The zero-order valence-corrected chi connectivity index (χ0v) is 11.2. The molecule has 0 saturated heterocycles. The number of ether oxygens (including phenoxy) is 1. The predicted molar refractivity (Wildman–Crippen MR) is 74.4 cm³/mol. The van der Waals surface area contributed by atoms with E-state index in [4.69, 9.17) is 26.6 Å². The molecule has 3 rings (SSSR count). The Morgan fingerprint density at radius 1 is 1.42 bits per heavy atom. The van der Waals surface area contributed by atoms with Gasteiger partial charge >= 0.3 is 0 Å². The van der Waals surface area contributed by atoms with E-state index in [2.05, 4.69) is 5.16 Å². The third-order valence-electron chi connectivity index (χ3n) is 3.05. The molecule has 0 aliphatic rings. The predicted octanol–water partition coefficient (Wildman–Crippen LogP) is 3.08. The van der Waals surface area contributed by atoms with Crippen LogP contribution in [0.5, 0.6) is 5.75 Å². The fraction of sp³-hybridized carbons (Fsp3) is 0.154. The van der Waals surface area contributed by atoms with Crippen molar-refractivity contribution in [3.63, 3.8) is 0 Å². The monoisotopic (exact) mass is 277 g/mol. The lowest BCUT2D eigenvalue weighted by atomic mass is 10.1. The van der Waals surface area contributed by atoms with Gasteiger partial charge in [0.2, 0.25) is 0 Å². The van der Waals surface area contributed by atoms with Crippen LogP contribution >= 0.6 is 11.6 Å². The number of nitrogens with zero attached hydrogens (tertiary/aromatic N) is 2. The second kappa shape index (κ2) is 4.20. The highest BCUT2D eigenvalue weighted by atomic mass is 35.5. The summed E-state index contributed by atoms with van der Waals surface area (Å²) >= 11 is 6.30. The second-order valence-corrected chi connectivity index (χ2v) is 4.65. The molecule has 3 aromatic rings. The van der Waals surface area contributed by atoms with Crippen LogP contribution in [0.1, 0.15) is 0 Å². The molecule has 2 aromatic heterocycles. The standard InChI is InChI=1S/C13H12ClN3O2/c1-17-6-7(10-5-11(15)16-19-10)12-8(14)3-4-9(18-2)13(12)17/h3-6H,1-2H3,(H2,15,16). The quantitative estimate of drug-likeness (QED) is 0.782. The fourth-order valence-electron chi connectivity index (χ4n) is 2.24. The summed E-state index contributed by atoms with van der Waals surface area (Å²) in [5, 5.41) is 5.19. The minimum Gasteiger partial charge on any atom is -0.495 e. The summed E-state index contributed by atoms with van der Waals surface area (Å²) in [7, 11) is 3.55. The van der Waals surface area contributed by atoms with E-state index >= 15 is 0 Å². The Balaban J connectivity index is 2.38. The lowest BCUT2D eigenvalue weighted by molar-refractivity contribution is 0.418. The Labute approximate surface area is 114 Å². The lowest BCUT2D eigenvalue weighted by Crippen LogP contribution is -1.90. The lowest BCUT2D eigenvalue weighted by Gasteiger charge is -2.05. The van der Waals surface area contributed by atoms with Crippen LogP contribution in [-0.2, 0) is 7.05 Å². The Bertz CT molecular complexity index is 761. The van der Waals surface area contributed by atoms with Gasteiger partial charge in [0, 0.05) is 30.3 Å². The largest absolute Gasteiger partial charge is 0.495 e. The molecule has 0 atom stereocenters. The fourth-order valence-corrected chi connectivity index (χ4v) is 2.50. The van der Waals surface area contributed by atoms with Crippen molar-refractivity contribution in [1.29, 1.82) is 0 Å². The van der Waals surface area contributed by atoms with Gasteiger partial charge in [-0.2, -0.15) is 0 Å². The number of aromatic nitrogens is 2. The summed E-state index contributed by atoms with van der Waals surface area (Å²) < 4.78 is 12.5. The average Bonchev–Trinajstić information content (AvgIpc) is 2.95. The molecule has 0 aliphatic heterocycles. The molecule has 1 aromatic carbocycles. The zero-order chi connectivity index (χ0) is 13.6. The molecule has 98 valence electrons. The van der Waals surface area contributed by atoms with Crippen LogP contribution in [0, 0.1) is 0 Å². The number of anilines is 1. The maximum Gasteiger partial charge on any atom is 0.171 e. The summed E-state index contributed by atoms with van der Waals surface area (Å²) in [5.41, 5.74) is 7.33. The van der Waals surface area contributed by atoms with Gasteiger partial charge in [-0.25, -0.2) is 0 Å². The molecular formula is C13H12ClN3O2. The number of benzene rings is 1. The topological polar surface area (TPSA) is 66.2 Å². The van der Waals surface area contributed by atoms with Crippen molar-refractivity contribution in [1.82, 2.24) is 9.72 Å². The number of rotatable bonds is 2. The van der Waals surface area contributed by atoms with Gasteiger partial charge in [0.05, 0.1) is 17.6 Å². The van der Waals surface area contributed by atoms with E-state index in [1.807, 2.05) is 23.9 Å². The van der Waals surface area contributed by atoms with Crippen LogP contribution < -0.4 is 10.5 Å². The summed E-state index contributed by atoms with van der Waals surface area (Å²) in [6.45, 7) is 0. The van der Waals surface area contributed by atoms with Gasteiger partial charge in [-0.3, -0.25) is 0 Å². The van der Waals surface area contributed by atoms with Crippen molar-refractivity contribution in [3.8, 4) is 17.1 Å². The molecule has 0 unspecified atom stereocenters. The Morgan fingerprint density at radius 3 is 2.84 bits per heavy atom. The molecule has 0 amide bonds. The SMILES string of the molecule is COc1ccc(Cl)c2c(-c3cc(N)no3)cn(C)c12. The number of methoxy groups -OCH3 is 1. The van der Waals surface area contributed by atoms with Crippen LogP contribution in [-0.4, -0.2) is 16.8 Å². The van der Waals surface area contributed by atoms with Crippen molar-refractivity contribution < 1.29 is 9.26 Å². The first-order valence-corrected chi connectivity index (χ1v) is 6.03. The van der Waals surface area contributed by atoms with Crippen molar-refractivity contribution in [3.05, 3.63) is 29.4 Å². The molecule has 19 heavy (non-hydrogen) atoms. The number of aryl methyl sites for hydroxylation is 1. The Hall–Kier alpha value is -2.14. The molecule has 5 nitrogen and oxygen atoms in total. The van der Waals surface area contributed by atoms with Gasteiger partial charge < -0.3 is 19.6 Å². The van der Waals surface area contributed by atoms with E-state index in [-0.39, 0.29) is 0 Å². The summed E-state index contributed by atoms with van der Waals surface area (Å²) in [4.78, 5) is 0. The van der Waals surface area contributed by atoms with Gasteiger partial charge in [-0.15, -0.1) is 0 Å². The van der Waals surface area contributed by atoms with E-state index in [9.17, 15) is 0 Å². The van der Waals surface area contributed by atoms with Crippen molar-refractivity contribution in [2.24, 2.45) is 7.05 Å². The molecule has 6 heteroatoms. The van der Waals surface area contributed by atoms with E-state index in [0.717, 1.165) is 22.2 Å². The number of nitrogen functional groups attached to an aromatic ring is 1. The highest BCUT2D eigenvalue weighted by Crippen LogP contribution is 2.39. The minimum absolute atomic E-state index is 0.339. The van der Waals surface area contributed by atoms with Gasteiger partial charge in [0.15, 0.2) is 11.6 Å². The first kappa shape index (κ1) is 11.9. The molecule has 0 bridgehead atoms. The van der Waals surface area contributed by atoms with Gasteiger partial charge in [0.1, 0.15) is 5.75 Å². The van der Waals surface area contributed by atoms with Crippen LogP contribution in [0.25, 0.3) is 22.2 Å². The summed E-state index contributed by atoms with van der Waals surface area (Å²) in [6.07, 6.45) is 1.92. The second-order valence-electron chi connectivity index (χ2n) is 4.24. The van der Waals surface area contributed by atoms with Crippen molar-refractivity contribution in [2.75, 3.05) is 12.8 Å². The number of halogens is 1. The van der Waals surface area contributed by atoms with Crippen molar-refractivity contribution >= 4 is 28.3 Å². The van der Waals surface area contributed by atoms with Crippen LogP contribution in [0.15, 0.2) is 28.9 Å². The van der Waals surface area contributed by atoms with E-state index < -0.39 is 0 Å². The average molecular weight is 278 g/mol. The van der Waals surface area contributed by atoms with Crippen LogP contribution in [0.2, 0.25) is 5.02 Å². The number of nitrogens with two attached hydrogens (primary N) is 1. The first-order chi connectivity index (χ1) is 9.11. The van der Waals surface area contributed by atoms with Crippen molar-refractivity contribution in [2.45, 2.75) is 0 Å². The molecule has 0 spiro atoms. The van der Waals surface area contributed by atoms with Gasteiger partial charge in [-0.05, 0) is 12.1 Å². The summed E-state index contributed by atoms with van der Waals surface area (Å²) in [5.74, 6) is 1.67. The summed E-state index contributed by atoms with van der Waals surface area (Å²) in [6, 6.07) is 5.31. The Morgan fingerprint density at radius 2 is 2.21 bits per heavy atom. The molecule has 0 fully saturated rings. The van der Waals surface area contributed by atoms with E-state index in [0.29, 0.717) is 16.6 Å². The smallest absolute Gasteiger partial charge is 0.171 e. The Kier molecular flexibility index (Phi) is 2.64. The van der Waals surface area contributed by atoms with Crippen LogP contribution in [0.4, 0.5) is 5.82 Å². The highest BCUT2D eigenvalue weighted by Gasteiger charge is 2.18. The molecule has 0 aliphatic carbocycles. The van der Waals surface area contributed by atoms with Gasteiger partial charge in [0.25, 0.3) is 0 Å². The molecular weight excluding hydrogens is 266 g/mol. The zero-order valence-electron chi connectivity index (χ0n) is 10.5. The molecule has 0 saturated carbocycles. The highest BCUT2D eigenvalue weighted by molar-refractivity contribution is 6.37. The molecule has 2 N–H and O–H groups in total.